The van der Waals surface area contributed by atoms with E-state index in [1.165, 1.54) is 57.8 Å². The monoisotopic (exact) mass is 474 g/mol. The molecule has 1 aromatic carbocycles. The van der Waals surface area contributed by atoms with Crippen molar-refractivity contribution < 1.29 is 9.53 Å². The predicted molar refractivity (Wildman–Crippen MR) is 113 cm³/mol. The maximum atomic E-state index is 11.8. The molecule has 0 bridgehead atoms. The first-order chi connectivity index (χ1) is 12.1. The molecule has 25 heavy (non-hydrogen) atoms. The minimum atomic E-state index is -0.0880. The van der Waals surface area contributed by atoms with Gasteiger partial charge in [0.2, 0.25) is 0 Å². The quantitative estimate of drug-likeness (QED) is 0.201. The van der Waals surface area contributed by atoms with E-state index in [9.17, 15) is 4.79 Å². The summed E-state index contributed by atoms with van der Waals surface area (Å²) in [6, 6.07) is 5.89. The summed E-state index contributed by atoms with van der Waals surface area (Å²) in [7, 11) is 0. The van der Waals surface area contributed by atoms with Gasteiger partial charge in [-0.3, -0.25) is 4.79 Å². The second-order valence-electron chi connectivity index (χ2n) is 6.69. The van der Waals surface area contributed by atoms with E-state index in [-0.39, 0.29) is 5.97 Å². The summed E-state index contributed by atoms with van der Waals surface area (Å²) in [5.74, 6) is -0.0880. The van der Waals surface area contributed by atoms with Crippen molar-refractivity contribution in [2.24, 2.45) is 0 Å². The second kappa shape index (κ2) is 14.8. The van der Waals surface area contributed by atoms with Gasteiger partial charge < -0.3 is 4.74 Å². The summed E-state index contributed by atoms with van der Waals surface area (Å²) >= 11 is 6.89. The minimum Gasteiger partial charge on any atom is -0.461 e. The Bertz CT molecular complexity index is 489. The Morgan fingerprint density at radius 3 is 1.96 bits per heavy atom. The molecule has 0 unspecified atom stereocenters. The molecule has 0 aromatic heterocycles. The van der Waals surface area contributed by atoms with Crippen LogP contribution in [0.1, 0.15) is 89.5 Å². The SMILES string of the molecule is CCCCCCCCCCCCCC(=O)OCc1ccc(Br)c(Br)c1. The van der Waals surface area contributed by atoms with Crippen molar-refractivity contribution in [2.75, 3.05) is 0 Å². The van der Waals surface area contributed by atoms with Crippen LogP contribution in [0.15, 0.2) is 27.1 Å². The van der Waals surface area contributed by atoms with Crippen molar-refractivity contribution in [1.29, 1.82) is 0 Å². The number of halogens is 2. The molecular formula is C21H32Br2O2. The fraction of sp³-hybridized carbons (Fsp3) is 0.667. The topological polar surface area (TPSA) is 26.3 Å². The molecule has 1 rings (SSSR count). The van der Waals surface area contributed by atoms with Gasteiger partial charge in [0.05, 0.1) is 0 Å². The summed E-state index contributed by atoms with van der Waals surface area (Å²) in [5.41, 5.74) is 1.00. The Kier molecular flexibility index (Phi) is 13.4. The van der Waals surface area contributed by atoms with Crippen molar-refractivity contribution in [2.45, 2.75) is 90.6 Å². The van der Waals surface area contributed by atoms with Crippen molar-refractivity contribution >= 4 is 37.8 Å². The van der Waals surface area contributed by atoms with Gasteiger partial charge in [-0.25, -0.2) is 0 Å². The number of rotatable bonds is 14. The lowest BCUT2D eigenvalue weighted by Gasteiger charge is -2.06. The van der Waals surface area contributed by atoms with E-state index < -0.39 is 0 Å². The molecule has 0 N–H and O–H groups in total. The molecule has 0 saturated heterocycles. The van der Waals surface area contributed by atoms with Crippen molar-refractivity contribution in [3.05, 3.63) is 32.7 Å². The summed E-state index contributed by atoms with van der Waals surface area (Å²) in [4.78, 5) is 11.8. The second-order valence-corrected chi connectivity index (χ2v) is 8.40. The molecule has 0 fully saturated rings. The number of benzene rings is 1. The summed E-state index contributed by atoms with van der Waals surface area (Å²) in [6.07, 6.45) is 14.8. The zero-order valence-electron chi connectivity index (χ0n) is 15.5. The zero-order valence-corrected chi connectivity index (χ0v) is 18.7. The third kappa shape index (κ3) is 11.8. The van der Waals surface area contributed by atoms with Crippen LogP contribution in [0.4, 0.5) is 0 Å². The van der Waals surface area contributed by atoms with Gasteiger partial charge in [-0.05, 0) is 56.0 Å². The molecule has 0 aliphatic rings. The van der Waals surface area contributed by atoms with Crippen LogP contribution in [0.2, 0.25) is 0 Å². The first kappa shape index (κ1) is 22.7. The molecule has 0 atom stereocenters. The highest BCUT2D eigenvalue weighted by Crippen LogP contribution is 2.24. The molecule has 0 heterocycles. The van der Waals surface area contributed by atoms with Gasteiger partial charge >= 0.3 is 5.97 Å². The van der Waals surface area contributed by atoms with Crippen LogP contribution >= 0.6 is 31.9 Å². The van der Waals surface area contributed by atoms with Crippen LogP contribution in [0, 0.1) is 0 Å². The van der Waals surface area contributed by atoms with E-state index in [0.717, 1.165) is 27.4 Å². The summed E-state index contributed by atoms with van der Waals surface area (Å²) < 4.78 is 7.32. The van der Waals surface area contributed by atoms with Crippen LogP contribution in [0.3, 0.4) is 0 Å². The summed E-state index contributed by atoms with van der Waals surface area (Å²) in [5, 5.41) is 0. The molecule has 0 aliphatic heterocycles. The van der Waals surface area contributed by atoms with Crippen LogP contribution < -0.4 is 0 Å². The normalized spacial score (nSPS) is 10.8. The van der Waals surface area contributed by atoms with Gasteiger partial charge in [0.15, 0.2) is 0 Å². The molecule has 1 aromatic rings. The van der Waals surface area contributed by atoms with E-state index >= 15 is 0 Å². The van der Waals surface area contributed by atoms with E-state index in [0.29, 0.717) is 13.0 Å². The number of carbonyl (C=O) groups excluding carboxylic acids is 1. The third-order valence-corrected chi connectivity index (χ3v) is 6.25. The lowest BCUT2D eigenvalue weighted by molar-refractivity contribution is -0.145. The number of hydrogen-bond acceptors (Lipinski definition) is 2. The van der Waals surface area contributed by atoms with E-state index in [2.05, 4.69) is 38.8 Å². The Morgan fingerprint density at radius 2 is 1.40 bits per heavy atom. The van der Waals surface area contributed by atoms with E-state index in [4.69, 9.17) is 4.74 Å². The van der Waals surface area contributed by atoms with Crippen molar-refractivity contribution in [3.8, 4) is 0 Å². The molecular weight excluding hydrogens is 444 g/mol. The largest absolute Gasteiger partial charge is 0.461 e. The highest BCUT2D eigenvalue weighted by Gasteiger charge is 2.05. The molecule has 142 valence electrons. The average molecular weight is 476 g/mol. The number of unbranched alkanes of at least 4 members (excludes halogenated alkanes) is 10. The van der Waals surface area contributed by atoms with Crippen LogP contribution in [0.25, 0.3) is 0 Å². The number of carbonyl (C=O) groups is 1. The Morgan fingerprint density at radius 1 is 0.840 bits per heavy atom. The Balaban J connectivity index is 1.94. The molecule has 0 amide bonds. The van der Waals surface area contributed by atoms with Crippen LogP contribution in [-0.2, 0) is 16.1 Å². The van der Waals surface area contributed by atoms with Gasteiger partial charge in [-0.2, -0.15) is 0 Å². The van der Waals surface area contributed by atoms with Gasteiger partial charge in [0.1, 0.15) is 6.61 Å². The average Bonchev–Trinajstić information content (AvgIpc) is 2.60. The highest BCUT2D eigenvalue weighted by molar-refractivity contribution is 9.13. The molecule has 0 spiro atoms. The molecule has 0 saturated carbocycles. The van der Waals surface area contributed by atoms with Gasteiger partial charge in [0, 0.05) is 15.4 Å². The van der Waals surface area contributed by atoms with Crippen molar-refractivity contribution in [1.82, 2.24) is 0 Å². The van der Waals surface area contributed by atoms with Crippen LogP contribution in [0.5, 0.6) is 0 Å². The van der Waals surface area contributed by atoms with Gasteiger partial charge in [-0.1, -0.05) is 77.2 Å². The van der Waals surface area contributed by atoms with Crippen LogP contribution in [-0.4, -0.2) is 5.97 Å². The molecule has 4 heteroatoms. The number of hydrogen-bond donors (Lipinski definition) is 0. The van der Waals surface area contributed by atoms with Gasteiger partial charge in [0.25, 0.3) is 0 Å². The van der Waals surface area contributed by atoms with Gasteiger partial charge in [-0.15, -0.1) is 0 Å². The standard InChI is InChI=1S/C21H32Br2O2/c1-2-3-4-5-6-7-8-9-10-11-12-13-21(24)25-17-18-14-15-19(22)20(23)16-18/h14-16H,2-13,17H2,1H3. The van der Waals surface area contributed by atoms with E-state index in [1.807, 2.05) is 18.2 Å². The smallest absolute Gasteiger partial charge is 0.306 e. The summed E-state index contributed by atoms with van der Waals surface area (Å²) in [6.45, 7) is 2.61. The maximum absolute atomic E-state index is 11.8. The minimum absolute atomic E-state index is 0.0880. The Labute approximate surface area is 170 Å². The van der Waals surface area contributed by atoms with Crippen molar-refractivity contribution in [3.63, 3.8) is 0 Å². The maximum Gasteiger partial charge on any atom is 0.306 e. The Hall–Kier alpha value is -0.350. The molecule has 2 nitrogen and oxygen atoms in total. The highest BCUT2D eigenvalue weighted by atomic mass is 79.9. The number of esters is 1. The fourth-order valence-electron chi connectivity index (χ4n) is 2.80. The zero-order chi connectivity index (χ0) is 18.3. The fourth-order valence-corrected chi connectivity index (χ4v) is 3.47. The molecule has 0 radical (unpaired) electrons. The molecule has 0 aliphatic carbocycles. The first-order valence-corrected chi connectivity index (χ1v) is 11.3. The number of ether oxygens (including phenoxy) is 1. The van der Waals surface area contributed by atoms with E-state index in [1.54, 1.807) is 0 Å². The lowest BCUT2D eigenvalue weighted by Crippen LogP contribution is -2.04. The predicted octanol–water partition coefficient (Wildman–Crippen LogP) is 7.96. The lowest BCUT2D eigenvalue weighted by atomic mass is 10.1. The first-order valence-electron chi connectivity index (χ1n) is 9.73. The third-order valence-electron chi connectivity index (χ3n) is 4.37.